The quantitative estimate of drug-likeness (QED) is 0.569. The van der Waals surface area contributed by atoms with Crippen LogP contribution in [-0.2, 0) is 14.3 Å². The normalized spacial score (nSPS) is 20.9. The lowest BCUT2D eigenvalue weighted by Gasteiger charge is -2.21. The molecular weight excluding hydrogens is 156 g/mol. The number of carbonyl (C=O) groups is 1. The molecule has 0 aromatic carbocycles. The summed E-state index contributed by atoms with van der Waals surface area (Å²) in [6.07, 6.45) is 0.646. The highest BCUT2D eigenvalue weighted by Crippen LogP contribution is 2.09. The van der Waals surface area contributed by atoms with Crippen LogP contribution in [-0.4, -0.2) is 24.7 Å². The molecule has 0 radical (unpaired) electrons. The number of rotatable bonds is 2. The van der Waals surface area contributed by atoms with Crippen molar-refractivity contribution in [3.63, 3.8) is 0 Å². The van der Waals surface area contributed by atoms with Crippen LogP contribution in [0.4, 0.5) is 0 Å². The number of halogens is 1. The van der Waals surface area contributed by atoms with Crippen LogP contribution in [0.15, 0.2) is 0 Å². The van der Waals surface area contributed by atoms with E-state index in [0.29, 0.717) is 13.2 Å². The summed E-state index contributed by atoms with van der Waals surface area (Å²) in [6, 6.07) is 0. The van der Waals surface area contributed by atoms with E-state index in [1.165, 1.54) is 0 Å². The minimum atomic E-state index is -0.410. The lowest BCUT2D eigenvalue weighted by Crippen LogP contribution is -2.26. The van der Waals surface area contributed by atoms with Crippen molar-refractivity contribution in [2.45, 2.75) is 19.1 Å². The molecule has 1 saturated heterocycles. The van der Waals surface area contributed by atoms with Gasteiger partial charge in [-0.15, -0.1) is 0 Å². The summed E-state index contributed by atoms with van der Waals surface area (Å²) < 4.78 is 10.1. The molecule has 0 amide bonds. The monoisotopic (exact) mass is 164 g/mol. The molecule has 58 valence electrons. The lowest BCUT2D eigenvalue weighted by molar-refractivity contribution is -0.181. The molecule has 10 heavy (non-hydrogen) atoms. The van der Waals surface area contributed by atoms with Gasteiger partial charge in [0.1, 0.15) is 0 Å². The van der Waals surface area contributed by atoms with E-state index in [0.717, 1.165) is 6.42 Å². The van der Waals surface area contributed by atoms with Crippen molar-refractivity contribution < 1.29 is 14.3 Å². The number of carbonyl (C=O) groups excluding carboxylic acids is 1. The van der Waals surface area contributed by atoms with Crippen molar-refractivity contribution >= 4 is 16.8 Å². The molecule has 0 N–H and O–H groups in total. The first-order valence-electron chi connectivity index (χ1n) is 3.20. The second-order valence-electron chi connectivity index (χ2n) is 2.08. The van der Waals surface area contributed by atoms with Gasteiger partial charge in [-0.1, -0.05) is 0 Å². The second-order valence-corrected chi connectivity index (χ2v) is 2.51. The maximum atomic E-state index is 10.3. The van der Waals surface area contributed by atoms with Crippen molar-refractivity contribution in [1.82, 2.24) is 0 Å². The summed E-state index contributed by atoms with van der Waals surface area (Å²) in [4.78, 5) is 10.3. The zero-order valence-corrected chi connectivity index (χ0v) is 6.26. The maximum absolute atomic E-state index is 10.3. The topological polar surface area (TPSA) is 35.5 Å². The summed E-state index contributed by atoms with van der Waals surface area (Å²) in [5.41, 5.74) is 0. The summed E-state index contributed by atoms with van der Waals surface area (Å²) in [5, 5.41) is -0.410. The third-order valence-electron chi connectivity index (χ3n) is 1.22. The van der Waals surface area contributed by atoms with Crippen LogP contribution in [0.25, 0.3) is 0 Å². The predicted octanol–water partition coefficient (Wildman–Crippen LogP) is 0.905. The highest BCUT2D eigenvalue weighted by molar-refractivity contribution is 6.63. The fourth-order valence-electron chi connectivity index (χ4n) is 0.785. The van der Waals surface area contributed by atoms with Crippen LogP contribution in [0, 0.1) is 0 Å². The fraction of sp³-hybridized carbons (Fsp3) is 0.833. The van der Waals surface area contributed by atoms with E-state index in [-0.39, 0.29) is 6.42 Å². The van der Waals surface area contributed by atoms with Crippen LogP contribution in [0.3, 0.4) is 0 Å². The van der Waals surface area contributed by atoms with E-state index in [2.05, 4.69) is 0 Å². The van der Waals surface area contributed by atoms with Crippen molar-refractivity contribution in [1.29, 1.82) is 0 Å². The van der Waals surface area contributed by atoms with Crippen LogP contribution in [0.1, 0.15) is 12.8 Å². The Bertz CT molecular complexity index is 120. The molecule has 0 bridgehead atoms. The Labute approximate surface area is 64.3 Å². The Morgan fingerprint density at radius 3 is 2.60 bits per heavy atom. The van der Waals surface area contributed by atoms with Crippen molar-refractivity contribution in [2.75, 3.05) is 13.2 Å². The number of hydrogen-bond acceptors (Lipinski definition) is 3. The van der Waals surface area contributed by atoms with Crippen LogP contribution < -0.4 is 0 Å². The third kappa shape index (κ3) is 2.64. The average Bonchev–Trinajstić information content (AvgIpc) is 1.88. The summed E-state index contributed by atoms with van der Waals surface area (Å²) in [5.74, 6) is 0. The molecule has 1 fully saturated rings. The van der Waals surface area contributed by atoms with E-state index >= 15 is 0 Å². The van der Waals surface area contributed by atoms with E-state index in [1.807, 2.05) is 0 Å². The first-order valence-corrected chi connectivity index (χ1v) is 3.58. The van der Waals surface area contributed by atoms with E-state index < -0.39 is 11.5 Å². The Morgan fingerprint density at radius 2 is 2.10 bits per heavy atom. The number of hydrogen-bond donors (Lipinski definition) is 0. The van der Waals surface area contributed by atoms with Gasteiger partial charge in [0, 0.05) is 0 Å². The Kier molecular flexibility index (Phi) is 3.12. The lowest BCUT2D eigenvalue weighted by atomic mass is 10.4. The SMILES string of the molecule is O=C(Cl)CC1OCCCO1. The largest absolute Gasteiger partial charge is 0.352 e. The molecule has 4 heteroatoms. The molecule has 0 saturated carbocycles. The molecule has 0 spiro atoms. The molecule has 1 heterocycles. The Balaban J connectivity index is 2.19. The van der Waals surface area contributed by atoms with E-state index in [4.69, 9.17) is 21.1 Å². The van der Waals surface area contributed by atoms with Gasteiger partial charge < -0.3 is 9.47 Å². The molecule has 0 aliphatic carbocycles. The van der Waals surface area contributed by atoms with Gasteiger partial charge in [-0.2, -0.15) is 0 Å². The minimum Gasteiger partial charge on any atom is -0.352 e. The van der Waals surface area contributed by atoms with Gasteiger partial charge in [0.25, 0.3) is 0 Å². The highest BCUT2D eigenvalue weighted by Gasteiger charge is 2.16. The molecule has 0 unspecified atom stereocenters. The minimum absolute atomic E-state index is 0.154. The molecule has 0 aromatic rings. The van der Waals surface area contributed by atoms with Crippen molar-refractivity contribution in [3.05, 3.63) is 0 Å². The predicted molar refractivity (Wildman–Crippen MR) is 35.8 cm³/mol. The van der Waals surface area contributed by atoms with Gasteiger partial charge in [0.15, 0.2) is 6.29 Å². The summed E-state index contributed by atoms with van der Waals surface area (Å²) >= 11 is 5.11. The first kappa shape index (κ1) is 7.98. The molecule has 3 nitrogen and oxygen atoms in total. The molecule has 1 rings (SSSR count). The molecular formula is C6H9ClO3. The fourth-order valence-corrected chi connectivity index (χ4v) is 0.911. The zero-order chi connectivity index (χ0) is 7.40. The maximum Gasteiger partial charge on any atom is 0.226 e. The van der Waals surface area contributed by atoms with Gasteiger partial charge in [-0.25, -0.2) is 0 Å². The van der Waals surface area contributed by atoms with E-state index in [1.54, 1.807) is 0 Å². The molecule has 0 aromatic heterocycles. The molecule has 1 aliphatic heterocycles. The van der Waals surface area contributed by atoms with Crippen LogP contribution in [0.5, 0.6) is 0 Å². The zero-order valence-electron chi connectivity index (χ0n) is 5.51. The van der Waals surface area contributed by atoms with Gasteiger partial charge in [0.2, 0.25) is 5.24 Å². The van der Waals surface area contributed by atoms with Gasteiger partial charge >= 0.3 is 0 Å². The van der Waals surface area contributed by atoms with E-state index in [9.17, 15) is 4.79 Å². The summed E-state index contributed by atoms with van der Waals surface area (Å²) in [7, 11) is 0. The third-order valence-corrected chi connectivity index (χ3v) is 1.38. The molecule has 1 aliphatic rings. The highest BCUT2D eigenvalue weighted by atomic mass is 35.5. The standard InChI is InChI=1S/C6H9ClO3/c7-5(8)4-6-9-2-1-3-10-6/h6H,1-4H2. The van der Waals surface area contributed by atoms with Gasteiger partial charge in [0.05, 0.1) is 19.6 Å². The van der Waals surface area contributed by atoms with Crippen molar-refractivity contribution in [3.8, 4) is 0 Å². The second kappa shape index (κ2) is 3.91. The van der Waals surface area contributed by atoms with Crippen LogP contribution in [0.2, 0.25) is 0 Å². The summed E-state index contributed by atoms with van der Waals surface area (Å²) in [6.45, 7) is 1.32. The van der Waals surface area contributed by atoms with Gasteiger partial charge in [-0.05, 0) is 18.0 Å². The van der Waals surface area contributed by atoms with Crippen molar-refractivity contribution in [2.24, 2.45) is 0 Å². The Morgan fingerprint density at radius 1 is 1.50 bits per heavy atom. The first-order chi connectivity index (χ1) is 4.79. The van der Waals surface area contributed by atoms with Gasteiger partial charge in [-0.3, -0.25) is 4.79 Å². The van der Waals surface area contributed by atoms with Crippen LogP contribution >= 0.6 is 11.6 Å². The molecule has 0 atom stereocenters. The Hall–Kier alpha value is -0.120. The average molecular weight is 165 g/mol. The number of ether oxygens (including phenoxy) is 2. The smallest absolute Gasteiger partial charge is 0.226 e.